The van der Waals surface area contributed by atoms with Crippen LogP contribution in [0.5, 0.6) is 0 Å². The van der Waals surface area contributed by atoms with E-state index in [4.69, 9.17) is 4.74 Å². The number of methoxy groups -OCH3 is 1. The van der Waals surface area contributed by atoms with E-state index < -0.39 is 5.41 Å². The molecule has 2 fully saturated rings. The van der Waals surface area contributed by atoms with Gasteiger partial charge in [0.1, 0.15) is 5.41 Å². The standard InChI is InChI=1S/C20H26N2O2/c1-24-18-9-12-22(19(23)20(15-21)10-5-6-11-20)14-17(18)13-16-7-3-2-4-8-16/h2-4,7-8,17-18H,5-6,9-14H2,1H3/t17-,18-/m1/s1. The first kappa shape index (κ1) is 17.0. The molecule has 0 N–H and O–H groups in total. The molecule has 0 aromatic heterocycles. The Kier molecular flexibility index (Phi) is 5.20. The lowest BCUT2D eigenvalue weighted by atomic mass is 9.83. The number of nitrogens with zero attached hydrogens (tertiary/aromatic N) is 2. The number of rotatable bonds is 4. The number of piperidine rings is 1. The summed E-state index contributed by atoms with van der Waals surface area (Å²) in [5.74, 6) is 0.336. The summed E-state index contributed by atoms with van der Waals surface area (Å²) < 4.78 is 5.68. The minimum absolute atomic E-state index is 0.0510. The predicted octanol–water partition coefficient (Wildman–Crippen LogP) is 3.18. The van der Waals surface area contributed by atoms with Gasteiger partial charge in [0.2, 0.25) is 5.91 Å². The number of amides is 1. The zero-order chi connectivity index (χ0) is 17.0. The minimum Gasteiger partial charge on any atom is -0.381 e. The molecule has 0 radical (unpaired) electrons. The van der Waals surface area contributed by atoms with Crippen LogP contribution in [0.2, 0.25) is 0 Å². The lowest BCUT2D eigenvalue weighted by Crippen LogP contribution is -2.51. The second-order valence-corrected chi connectivity index (χ2v) is 7.16. The van der Waals surface area contributed by atoms with E-state index in [0.717, 1.165) is 38.5 Å². The monoisotopic (exact) mass is 326 g/mol. The fourth-order valence-electron chi connectivity index (χ4n) is 4.27. The van der Waals surface area contributed by atoms with E-state index in [9.17, 15) is 10.1 Å². The van der Waals surface area contributed by atoms with Gasteiger partial charge in [0.25, 0.3) is 0 Å². The number of carbonyl (C=O) groups excluding carboxylic acids is 1. The molecule has 1 heterocycles. The molecule has 1 aromatic rings. The third-order valence-corrected chi connectivity index (χ3v) is 5.68. The average Bonchev–Trinajstić information content (AvgIpc) is 3.12. The third kappa shape index (κ3) is 3.32. The van der Waals surface area contributed by atoms with Gasteiger partial charge >= 0.3 is 0 Å². The van der Waals surface area contributed by atoms with Crippen molar-refractivity contribution in [2.24, 2.45) is 11.3 Å². The summed E-state index contributed by atoms with van der Waals surface area (Å²) >= 11 is 0. The first-order valence-corrected chi connectivity index (χ1v) is 8.96. The third-order valence-electron chi connectivity index (χ3n) is 5.68. The van der Waals surface area contributed by atoms with E-state index >= 15 is 0 Å². The van der Waals surface area contributed by atoms with Crippen LogP contribution < -0.4 is 0 Å². The van der Waals surface area contributed by atoms with Crippen molar-refractivity contribution < 1.29 is 9.53 Å². The van der Waals surface area contributed by atoms with Crippen LogP contribution in [-0.2, 0) is 16.0 Å². The van der Waals surface area contributed by atoms with Crippen LogP contribution in [0.1, 0.15) is 37.7 Å². The van der Waals surface area contributed by atoms with E-state index in [-0.39, 0.29) is 17.9 Å². The maximum Gasteiger partial charge on any atom is 0.243 e. The smallest absolute Gasteiger partial charge is 0.243 e. The summed E-state index contributed by atoms with van der Waals surface area (Å²) in [5, 5.41) is 9.59. The molecule has 24 heavy (non-hydrogen) atoms. The highest BCUT2D eigenvalue weighted by Gasteiger charge is 2.45. The average molecular weight is 326 g/mol. The van der Waals surface area contributed by atoms with Crippen molar-refractivity contribution >= 4 is 5.91 Å². The molecule has 4 heteroatoms. The number of hydrogen-bond acceptors (Lipinski definition) is 3. The van der Waals surface area contributed by atoms with E-state index in [1.54, 1.807) is 7.11 Å². The van der Waals surface area contributed by atoms with E-state index in [0.29, 0.717) is 13.1 Å². The topological polar surface area (TPSA) is 53.3 Å². The van der Waals surface area contributed by atoms with Crippen LogP contribution in [0.4, 0.5) is 0 Å². The highest BCUT2D eigenvalue weighted by molar-refractivity contribution is 5.86. The molecule has 0 unspecified atom stereocenters. The van der Waals surface area contributed by atoms with E-state index in [1.807, 2.05) is 23.1 Å². The number of benzene rings is 1. The molecule has 0 bridgehead atoms. The summed E-state index contributed by atoms with van der Waals surface area (Å²) in [7, 11) is 1.76. The van der Waals surface area contributed by atoms with E-state index in [1.165, 1.54) is 5.56 Å². The largest absolute Gasteiger partial charge is 0.381 e. The van der Waals surface area contributed by atoms with Crippen LogP contribution in [-0.4, -0.2) is 37.1 Å². The lowest BCUT2D eigenvalue weighted by molar-refractivity contribution is -0.143. The van der Waals surface area contributed by atoms with Crippen molar-refractivity contribution in [2.45, 2.75) is 44.6 Å². The van der Waals surface area contributed by atoms with Crippen LogP contribution in [0.15, 0.2) is 30.3 Å². The number of hydrogen-bond donors (Lipinski definition) is 0. The van der Waals surface area contributed by atoms with Gasteiger partial charge in [-0.2, -0.15) is 5.26 Å². The lowest BCUT2D eigenvalue weighted by Gasteiger charge is -2.40. The Morgan fingerprint density at radius 1 is 1.33 bits per heavy atom. The van der Waals surface area contributed by atoms with Gasteiger partial charge < -0.3 is 9.64 Å². The Morgan fingerprint density at radius 3 is 2.67 bits per heavy atom. The zero-order valence-corrected chi connectivity index (χ0v) is 14.4. The Bertz CT molecular complexity index is 602. The first-order valence-electron chi connectivity index (χ1n) is 8.96. The Balaban J connectivity index is 1.72. The van der Waals surface area contributed by atoms with Crippen molar-refractivity contribution in [1.29, 1.82) is 5.26 Å². The molecule has 1 saturated heterocycles. The Hall–Kier alpha value is -1.86. The summed E-state index contributed by atoms with van der Waals surface area (Å²) in [6.07, 6.45) is 5.34. The molecule has 3 rings (SSSR count). The second kappa shape index (κ2) is 7.36. The van der Waals surface area contributed by atoms with Crippen LogP contribution in [0.25, 0.3) is 0 Å². The van der Waals surface area contributed by atoms with Crippen LogP contribution in [0, 0.1) is 22.7 Å². The number of nitriles is 1. The Morgan fingerprint density at radius 2 is 2.04 bits per heavy atom. The molecule has 1 aromatic carbocycles. The number of carbonyl (C=O) groups is 1. The molecule has 128 valence electrons. The maximum absolute atomic E-state index is 13.0. The predicted molar refractivity (Wildman–Crippen MR) is 92.1 cm³/mol. The molecule has 1 aliphatic carbocycles. The highest BCUT2D eigenvalue weighted by atomic mass is 16.5. The summed E-state index contributed by atoms with van der Waals surface area (Å²) in [6, 6.07) is 12.7. The summed E-state index contributed by atoms with van der Waals surface area (Å²) in [5.41, 5.74) is 0.506. The summed E-state index contributed by atoms with van der Waals surface area (Å²) in [4.78, 5) is 14.9. The highest BCUT2D eigenvalue weighted by Crippen LogP contribution is 2.40. The molecule has 2 atom stereocenters. The SMILES string of the molecule is CO[C@@H]1CCN(C(=O)C2(C#N)CCCC2)C[C@H]1Cc1ccccc1. The summed E-state index contributed by atoms with van der Waals surface area (Å²) in [6.45, 7) is 1.39. The first-order chi connectivity index (χ1) is 11.7. The molecule has 2 aliphatic rings. The normalized spacial score (nSPS) is 26.1. The number of likely N-dealkylation sites (tertiary alicyclic amines) is 1. The van der Waals surface area contributed by atoms with Crippen LogP contribution >= 0.6 is 0 Å². The van der Waals surface area contributed by atoms with Gasteiger partial charge in [0.05, 0.1) is 12.2 Å². The quantitative estimate of drug-likeness (QED) is 0.854. The molecule has 1 aliphatic heterocycles. The van der Waals surface area contributed by atoms with Gasteiger partial charge in [-0.05, 0) is 31.2 Å². The van der Waals surface area contributed by atoms with Gasteiger partial charge in [0, 0.05) is 26.1 Å². The fraction of sp³-hybridized carbons (Fsp3) is 0.600. The van der Waals surface area contributed by atoms with Gasteiger partial charge in [0.15, 0.2) is 0 Å². The van der Waals surface area contributed by atoms with Crippen molar-refractivity contribution in [3.05, 3.63) is 35.9 Å². The Labute approximate surface area is 144 Å². The van der Waals surface area contributed by atoms with Crippen LogP contribution in [0.3, 0.4) is 0 Å². The van der Waals surface area contributed by atoms with Gasteiger partial charge in [-0.25, -0.2) is 0 Å². The molecule has 0 spiro atoms. The molecular weight excluding hydrogens is 300 g/mol. The molecule has 1 amide bonds. The van der Waals surface area contributed by atoms with Gasteiger partial charge in [-0.3, -0.25) is 4.79 Å². The van der Waals surface area contributed by atoms with Crippen molar-refractivity contribution in [3.63, 3.8) is 0 Å². The van der Waals surface area contributed by atoms with Gasteiger partial charge in [-0.1, -0.05) is 43.2 Å². The van der Waals surface area contributed by atoms with Crippen molar-refractivity contribution in [3.8, 4) is 6.07 Å². The fourth-order valence-corrected chi connectivity index (χ4v) is 4.27. The van der Waals surface area contributed by atoms with E-state index in [2.05, 4.69) is 18.2 Å². The minimum atomic E-state index is -0.767. The van der Waals surface area contributed by atoms with Crippen molar-refractivity contribution in [2.75, 3.05) is 20.2 Å². The maximum atomic E-state index is 13.0. The second-order valence-electron chi connectivity index (χ2n) is 7.16. The van der Waals surface area contributed by atoms with Crippen molar-refractivity contribution in [1.82, 2.24) is 4.90 Å². The molecule has 1 saturated carbocycles. The van der Waals surface area contributed by atoms with Gasteiger partial charge in [-0.15, -0.1) is 0 Å². The zero-order valence-electron chi connectivity index (χ0n) is 14.4. The molecule has 4 nitrogen and oxygen atoms in total. The molecular formula is C20H26N2O2. The number of ether oxygens (including phenoxy) is 1.